The number of nitrogens with zero attached hydrogens (tertiary/aromatic N) is 2. The quantitative estimate of drug-likeness (QED) is 0.295. The third-order valence-corrected chi connectivity index (χ3v) is 2.57. The number of halogens is 2. The molecule has 7 heteroatoms. The Morgan fingerprint density at radius 1 is 1.44 bits per heavy atom. The lowest BCUT2D eigenvalue weighted by Crippen LogP contribution is -2.12. The summed E-state index contributed by atoms with van der Waals surface area (Å²) >= 11 is 1.03. The van der Waals surface area contributed by atoms with Crippen LogP contribution in [0.3, 0.4) is 0 Å². The summed E-state index contributed by atoms with van der Waals surface area (Å²) in [5.74, 6) is -2.35. The molecule has 1 rings (SSSR count). The first-order chi connectivity index (χ1) is 8.49. The fourth-order valence-corrected chi connectivity index (χ4v) is 1.48. The summed E-state index contributed by atoms with van der Waals surface area (Å²) in [5, 5.41) is 10.7. The highest BCUT2D eigenvalue weighted by Crippen LogP contribution is 2.25. The minimum absolute atomic E-state index is 0.0610. The third-order valence-electron chi connectivity index (χ3n) is 1.99. The first-order valence-electron chi connectivity index (χ1n) is 4.77. The standard InChI is InChI=1S/C11H9F2N3OS/c1-6(17)7-3-8(12)10(9(13)4-7)16-11(18-2)15-5-14/h3-4H,1-2H3,(H,15,16). The first-order valence-corrected chi connectivity index (χ1v) is 5.99. The number of benzene rings is 1. The number of carbonyl (C=O) groups excluding carboxylic acids is 1. The van der Waals surface area contributed by atoms with Crippen molar-refractivity contribution in [3.8, 4) is 6.19 Å². The summed E-state index contributed by atoms with van der Waals surface area (Å²) in [6, 6.07) is 1.82. The topological polar surface area (TPSA) is 65.2 Å². The Bertz CT molecular complexity index is 529. The molecule has 94 valence electrons. The van der Waals surface area contributed by atoms with Crippen LogP contribution < -0.4 is 5.32 Å². The third kappa shape index (κ3) is 3.28. The number of carbonyl (C=O) groups is 1. The number of ketones is 1. The zero-order valence-electron chi connectivity index (χ0n) is 9.62. The van der Waals surface area contributed by atoms with Crippen LogP contribution in [0.15, 0.2) is 17.1 Å². The van der Waals surface area contributed by atoms with Crippen LogP contribution in [0.4, 0.5) is 14.5 Å². The number of hydrogen-bond donors (Lipinski definition) is 1. The summed E-state index contributed by atoms with van der Waals surface area (Å²) < 4.78 is 27.2. The minimum Gasteiger partial charge on any atom is -0.295 e. The lowest BCUT2D eigenvalue weighted by molar-refractivity contribution is 0.101. The van der Waals surface area contributed by atoms with Gasteiger partial charge < -0.3 is 0 Å². The van der Waals surface area contributed by atoms with Gasteiger partial charge in [-0.2, -0.15) is 5.26 Å². The summed E-state index contributed by atoms with van der Waals surface area (Å²) in [4.78, 5) is 14.7. The highest BCUT2D eigenvalue weighted by atomic mass is 32.2. The largest absolute Gasteiger partial charge is 0.295 e. The van der Waals surface area contributed by atoms with Gasteiger partial charge in [0.25, 0.3) is 0 Å². The van der Waals surface area contributed by atoms with Gasteiger partial charge in [-0.1, -0.05) is 11.8 Å². The van der Waals surface area contributed by atoms with E-state index in [1.165, 1.54) is 6.92 Å². The van der Waals surface area contributed by atoms with E-state index in [0.29, 0.717) is 0 Å². The Kier molecular flexibility index (Phi) is 4.80. The number of Topliss-reactive ketones (excluding diaryl/α,β-unsaturated/α-hetero) is 1. The maximum absolute atomic E-state index is 13.6. The second kappa shape index (κ2) is 6.12. The van der Waals surface area contributed by atoms with E-state index in [9.17, 15) is 13.6 Å². The summed E-state index contributed by atoms with van der Waals surface area (Å²) in [6.45, 7) is 1.21. The van der Waals surface area contributed by atoms with Crippen molar-refractivity contribution in [2.45, 2.75) is 6.92 Å². The van der Waals surface area contributed by atoms with Gasteiger partial charge >= 0.3 is 0 Å². The number of hydrogen-bond acceptors (Lipinski definition) is 4. The van der Waals surface area contributed by atoms with E-state index in [0.717, 1.165) is 23.9 Å². The molecule has 0 aromatic heterocycles. The maximum Gasteiger partial charge on any atom is 0.183 e. The second-order valence-corrected chi connectivity index (χ2v) is 4.00. The van der Waals surface area contributed by atoms with E-state index >= 15 is 0 Å². The van der Waals surface area contributed by atoms with Crippen LogP contribution in [0.1, 0.15) is 17.3 Å². The van der Waals surface area contributed by atoms with Gasteiger partial charge in [-0.15, -0.1) is 0 Å². The monoisotopic (exact) mass is 269 g/mol. The second-order valence-electron chi connectivity index (χ2n) is 3.20. The van der Waals surface area contributed by atoms with Crippen LogP contribution in [0.5, 0.6) is 0 Å². The van der Waals surface area contributed by atoms with Crippen molar-refractivity contribution in [3.05, 3.63) is 29.3 Å². The average molecular weight is 269 g/mol. The van der Waals surface area contributed by atoms with Crippen LogP contribution in [0, 0.1) is 23.1 Å². The molecule has 4 nitrogen and oxygen atoms in total. The number of aliphatic imine (C=N–C) groups is 1. The van der Waals surface area contributed by atoms with Crippen molar-refractivity contribution in [2.24, 2.45) is 4.99 Å². The fourth-order valence-electron chi connectivity index (χ4n) is 1.15. The highest BCUT2D eigenvalue weighted by Gasteiger charge is 2.13. The molecule has 0 fully saturated rings. The molecule has 0 spiro atoms. The number of rotatable bonds is 2. The van der Waals surface area contributed by atoms with Gasteiger partial charge in [-0.25, -0.2) is 13.8 Å². The molecule has 0 amide bonds. The van der Waals surface area contributed by atoms with Gasteiger partial charge in [-0.3, -0.25) is 10.1 Å². The molecule has 0 bridgehead atoms. The lowest BCUT2D eigenvalue weighted by Gasteiger charge is -2.04. The van der Waals surface area contributed by atoms with Gasteiger partial charge in [0.05, 0.1) is 0 Å². The van der Waals surface area contributed by atoms with Gasteiger partial charge in [-0.05, 0) is 25.3 Å². The molecule has 0 atom stereocenters. The maximum atomic E-state index is 13.6. The molecule has 0 aliphatic heterocycles. The first kappa shape index (κ1) is 14.1. The van der Waals surface area contributed by atoms with Crippen molar-refractivity contribution in [2.75, 3.05) is 6.26 Å². The van der Waals surface area contributed by atoms with Crippen LogP contribution >= 0.6 is 11.8 Å². The Balaban J connectivity index is 3.27. The Labute approximate surface area is 107 Å². The van der Waals surface area contributed by atoms with Gasteiger partial charge in [0.1, 0.15) is 5.69 Å². The zero-order valence-corrected chi connectivity index (χ0v) is 10.4. The highest BCUT2D eigenvalue weighted by molar-refractivity contribution is 8.13. The Morgan fingerprint density at radius 3 is 2.39 bits per heavy atom. The van der Waals surface area contributed by atoms with E-state index < -0.39 is 23.1 Å². The van der Waals surface area contributed by atoms with Crippen molar-refractivity contribution >= 4 is 28.4 Å². The van der Waals surface area contributed by atoms with E-state index in [-0.39, 0.29) is 10.7 Å². The molecule has 18 heavy (non-hydrogen) atoms. The van der Waals surface area contributed by atoms with Crippen molar-refractivity contribution in [3.63, 3.8) is 0 Å². The van der Waals surface area contributed by atoms with E-state index in [4.69, 9.17) is 5.26 Å². The minimum atomic E-state index is -0.952. The molecule has 0 aliphatic carbocycles. The molecule has 0 saturated heterocycles. The molecule has 0 aliphatic rings. The zero-order chi connectivity index (χ0) is 13.7. The average Bonchev–Trinajstić information content (AvgIpc) is 2.31. The van der Waals surface area contributed by atoms with Gasteiger partial charge in [0.15, 0.2) is 28.8 Å². The van der Waals surface area contributed by atoms with Gasteiger partial charge in [0.2, 0.25) is 0 Å². The number of nitrogens with one attached hydrogen (secondary N) is 1. The Hall–Kier alpha value is -1.94. The number of nitriles is 1. The van der Waals surface area contributed by atoms with E-state index in [2.05, 4.69) is 10.3 Å². The van der Waals surface area contributed by atoms with Crippen LogP contribution in [-0.4, -0.2) is 17.2 Å². The Morgan fingerprint density at radius 2 is 2.00 bits per heavy atom. The summed E-state index contributed by atoms with van der Waals surface area (Å²) in [5.41, 5.74) is -0.602. The van der Waals surface area contributed by atoms with Crippen molar-refractivity contribution < 1.29 is 13.6 Å². The van der Waals surface area contributed by atoms with E-state index in [1.807, 2.05) is 0 Å². The predicted molar refractivity (Wildman–Crippen MR) is 65.7 cm³/mol. The van der Waals surface area contributed by atoms with Crippen molar-refractivity contribution in [1.82, 2.24) is 5.32 Å². The molecular weight excluding hydrogens is 260 g/mol. The number of amidine groups is 1. The van der Waals surface area contributed by atoms with Crippen molar-refractivity contribution in [1.29, 1.82) is 5.26 Å². The molecular formula is C11H9F2N3OS. The molecule has 1 aromatic rings. The molecule has 0 heterocycles. The summed E-state index contributed by atoms with van der Waals surface area (Å²) in [6.07, 6.45) is 3.21. The van der Waals surface area contributed by atoms with E-state index in [1.54, 1.807) is 12.4 Å². The fraction of sp³-hybridized carbons (Fsp3) is 0.182. The molecule has 1 aromatic carbocycles. The van der Waals surface area contributed by atoms with Crippen LogP contribution in [0.25, 0.3) is 0 Å². The molecule has 0 saturated carbocycles. The number of thioether (sulfide) groups is 1. The molecule has 1 N–H and O–H groups in total. The van der Waals surface area contributed by atoms with Crippen LogP contribution in [0.2, 0.25) is 0 Å². The lowest BCUT2D eigenvalue weighted by atomic mass is 10.1. The predicted octanol–water partition coefficient (Wildman–Crippen LogP) is 2.59. The normalized spacial score (nSPS) is 10.9. The molecule has 0 radical (unpaired) electrons. The summed E-state index contributed by atoms with van der Waals surface area (Å²) in [7, 11) is 0. The van der Waals surface area contributed by atoms with Crippen LogP contribution in [-0.2, 0) is 0 Å². The smallest absolute Gasteiger partial charge is 0.183 e. The SMILES string of the molecule is CSC(=Nc1c(F)cc(C(C)=O)cc1F)NC#N. The van der Waals surface area contributed by atoms with Gasteiger partial charge in [0, 0.05) is 5.56 Å². The molecule has 0 unspecified atom stereocenters.